The van der Waals surface area contributed by atoms with Crippen molar-refractivity contribution >= 4 is 5.97 Å². The van der Waals surface area contributed by atoms with Gasteiger partial charge < -0.3 is 15.2 Å². The van der Waals surface area contributed by atoms with Gasteiger partial charge in [0.1, 0.15) is 5.60 Å². The van der Waals surface area contributed by atoms with Crippen molar-refractivity contribution in [1.29, 1.82) is 0 Å². The maximum Gasteiger partial charge on any atom is 0.335 e. The Morgan fingerprint density at radius 1 is 1.55 bits per heavy atom. The molecule has 1 spiro atoms. The highest BCUT2D eigenvalue weighted by Crippen LogP contribution is 2.43. The Balaban J connectivity index is 1.99. The SMILES string of the molecule is O=C(O)C1OC12CCNCC2. The third kappa shape index (κ3) is 1.02. The smallest absolute Gasteiger partial charge is 0.335 e. The molecule has 0 amide bonds. The van der Waals surface area contributed by atoms with E-state index in [0.29, 0.717) is 0 Å². The van der Waals surface area contributed by atoms with E-state index in [4.69, 9.17) is 9.84 Å². The third-order valence-corrected chi connectivity index (χ3v) is 2.45. The molecule has 0 radical (unpaired) electrons. The van der Waals surface area contributed by atoms with Crippen LogP contribution in [0.3, 0.4) is 0 Å². The molecule has 2 heterocycles. The van der Waals surface area contributed by atoms with Gasteiger partial charge in [-0.1, -0.05) is 0 Å². The molecule has 0 aliphatic carbocycles. The number of carbonyl (C=O) groups is 1. The summed E-state index contributed by atoms with van der Waals surface area (Å²) >= 11 is 0. The average molecular weight is 157 g/mol. The fraction of sp³-hybridized carbons (Fsp3) is 0.857. The Hall–Kier alpha value is -0.610. The van der Waals surface area contributed by atoms with Gasteiger partial charge in [-0.3, -0.25) is 0 Å². The zero-order chi connectivity index (χ0) is 7.90. The van der Waals surface area contributed by atoms with E-state index < -0.39 is 12.1 Å². The predicted octanol–water partition coefficient (Wildman–Crippen LogP) is -0.408. The van der Waals surface area contributed by atoms with E-state index in [-0.39, 0.29) is 5.60 Å². The minimum atomic E-state index is -0.813. The number of aliphatic carboxylic acids is 1. The Morgan fingerprint density at radius 2 is 2.18 bits per heavy atom. The maximum absolute atomic E-state index is 10.5. The summed E-state index contributed by atoms with van der Waals surface area (Å²) in [6, 6.07) is 0. The van der Waals surface area contributed by atoms with Crippen LogP contribution in [0.25, 0.3) is 0 Å². The predicted molar refractivity (Wildman–Crippen MR) is 37.3 cm³/mol. The zero-order valence-corrected chi connectivity index (χ0v) is 6.17. The third-order valence-electron chi connectivity index (χ3n) is 2.45. The largest absolute Gasteiger partial charge is 0.479 e. The summed E-state index contributed by atoms with van der Waals surface area (Å²) in [5.74, 6) is -0.813. The van der Waals surface area contributed by atoms with Crippen LogP contribution in [0.4, 0.5) is 0 Å². The van der Waals surface area contributed by atoms with Crippen LogP contribution in [0.2, 0.25) is 0 Å². The van der Waals surface area contributed by atoms with Crippen molar-refractivity contribution in [2.45, 2.75) is 24.5 Å². The number of carboxylic acids is 1. The van der Waals surface area contributed by atoms with Gasteiger partial charge in [-0.05, 0) is 25.9 Å². The first-order chi connectivity index (χ1) is 5.25. The number of epoxide rings is 1. The van der Waals surface area contributed by atoms with Gasteiger partial charge in [0.05, 0.1) is 0 Å². The molecule has 11 heavy (non-hydrogen) atoms. The second-order valence-electron chi connectivity index (χ2n) is 3.15. The highest BCUT2D eigenvalue weighted by molar-refractivity contribution is 5.77. The molecule has 0 aromatic rings. The van der Waals surface area contributed by atoms with Gasteiger partial charge in [-0.15, -0.1) is 0 Å². The molecule has 2 saturated heterocycles. The van der Waals surface area contributed by atoms with E-state index >= 15 is 0 Å². The molecular weight excluding hydrogens is 146 g/mol. The lowest BCUT2D eigenvalue weighted by molar-refractivity contribution is -0.138. The van der Waals surface area contributed by atoms with Gasteiger partial charge in [0.25, 0.3) is 0 Å². The van der Waals surface area contributed by atoms with Crippen LogP contribution in [0, 0.1) is 0 Å². The van der Waals surface area contributed by atoms with Crippen molar-refractivity contribution in [3.05, 3.63) is 0 Å². The van der Waals surface area contributed by atoms with Gasteiger partial charge in [-0.2, -0.15) is 0 Å². The first kappa shape index (κ1) is 7.06. The molecule has 0 bridgehead atoms. The molecule has 2 rings (SSSR count). The fourth-order valence-corrected chi connectivity index (χ4v) is 1.71. The topological polar surface area (TPSA) is 61.9 Å². The van der Waals surface area contributed by atoms with E-state index in [1.165, 1.54) is 0 Å². The molecule has 2 N–H and O–H groups in total. The van der Waals surface area contributed by atoms with Crippen molar-refractivity contribution in [1.82, 2.24) is 5.32 Å². The lowest BCUT2D eigenvalue weighted by atomic mass is 9.94. The molecule has 0 saturated carbocycles. The highest BCUT2D eigenvalue weighted by Gasteiger charge is 2.60. The molecule has 4 heteroatoms. The quantitative estimate of drug-likeness (QED) is 0.508. The monoisotopic (exact) mass is 157 g/mol. The Labute approximate surface area is 64.5 Å². The second kappa shape index (κ2) is 2.19. The number of hydrogen-bond donors (Lipinski definition) is 2. The second-order valence-corrected chi connectivity index (χ2v) is 3.15. The molecule has 0 aromatic carbocycles. The summed E-state index contributed by atoms with van der Waals surface area (Å²) in [4.78, 5) is 10.5. The van der Waals surface area contributed by atoms with Crippen LogP contribution in [0.1, 0.15) is 12.8 Å². The number of rotatable bonds is 1. The summed E-state index contributed by atoms with van der Waals surface area (Å²) in [5.41, 5.74) is -0.295. The number of carboxylic acid groups (broad SMARTS) is 1. The number of nitrogens with one attached hydrogen (secondary N) is 1. The number of piperidine rings is 1. The minimum absolute atomic E-state index is 0.295. The van der Waals surface area contributed by atoms with Crippen LogP contribution in [0.15, 0.2) is 0 Å². The van der Waals surface area contributed by atoms with Gasteiger partial charge in [0, 0.05) is 0 Å². The Bertz CT molecular complexity index is 186. The molecular formula is C7H11NO3. The molecule has 0 aromatic heterocycles. The number of hydrogen-bond acceptors (Lipinski definition) is 3. The van der Waals surface area contributed by atoms with Crippen LogP contribution < -0.4 is 5.32 Å². The molecule has 1 atom stereocenters. The van der Waals surface area contributed by atoms with Gasteiger partial charge in [0.15, 0.2) is 6.10 Å². The van der Waals surface area contributed by atoms with E-state index in [9.17, 15) is 4.79 Å². The van der Waals surface area contributed by atoms with Crippen molar-refractivity contribution in [3.63, 3.8) is 0 Å². The first-order valence-corrected chi connectivity index (χ1v) is 3.86. The molecule has 62 valence electrons. The maximum atomic E-state index is 10.5. The molecule has 2 fully saturated rings. The summed E-state index contributed by atoms with van der Waals surface area (Å²) in [6.45, 7) is 1.76. The minimum Gasteiger partial charge on any atom is -0.479 e. The van der Waals surface area contributed by atoms with Crippen molar-refractivity contribution < 1.29 is 14.6 Å². The van der Waals surface area contributed by atoms with Crippen LogP contribution in [0.5, 0.6) is 0 Å². The normalized spacial score (nSPS) is 33.6. The van der Waals surface area contributed by atoms with Crippen molar-refractivity contribution in [2.75, 3.05) is 13.1 Å². The zero-order valence-electron chi connectivity index (χ0n) is 6.17. The first-order valence-electron chi connectivity index (χ1n) is 3.86. The fourth-order valence-electron chi connectivity index (χ4n) is 1.71. The van der Waals surface area contributed by atoms with Crippen molar-refractivity contribution in [2.24, 2.45) is 0 Å². The van der Waals surface area contributed by atoms with Gasteiger partial charge >= 0.3 is 5.97 Å². The average Bonchev–Trinajstić information content (AvgIpc) is 2.66. The Morgan fingerprint density at radius 3 is 2.64 bits per heavy atom. The summed E-state index contributed by atoms with van der Waals surface area (Å²) in [7, 11) is 0. The molecule has 1 unspecified atom stereocenters. The van der Waals surface area contributed by atoms with Crippen molar-refractivity contribution in [3.8, 4) is 0 Å². The summed E-state index contributed by atoms with van der Waals surface area (Å²) in [5, 5.41) is 11.8. The van der Waals surface area contributed by atoms with Gasteiger partial charge in [0.2, 0.25) is 0 Å². The van der Waals surface area contributed by atoms with E-state index in [1.807, 2.05) is 0 Å². The standard InChI is InChI=1S/C7H11NO3/c9-6(10)5-7(11-5)1-3-8-4-2-7/h5,8H,1-4H2,(H,9,10). The summed E-state index contributed by atoms with van der Waals surface area (Å²) < 4.78 is 5.17. The number of ether oxygens (including phenoxy) is 1. The van der Waals surface area contributed by atoms with Crippen LogP contribution in [-0.4, -0.2) is 35.9 Å². The lowest BCUT2D eigenvalue weighted by Gasteiger charge is -2.18. The van der Waals surface area contributed by atoms with E-state index in [0.717, 1.165) is 25.9 Å². The molecule has 2 aliphatic rings. The van der Waals surface area contributed by atoms with Gasteiger partial charge in [-0.25, -0.2) is 4.79 Å². The molecule has 4 nitrogen and oxygen atoms in total. The highest BCUT2D eigenvalue weighted by atomic mass is 16.6. The lowest BCUT2D eigenvalue weighted by Crippen LogP contribution is -2.36. The Kier molecular flexibility index (Phi) is 1.40. The van der Waals surface area contributed by atoms with E-state index in [2.05, 4.69) is 5.32 Å². The van der Waals surface area contributed by atoms with Crippen LogP contribution >= 0.6 is 0 Å². The molecule has 2 aliphatic heterocycles. The summed E-state index contributed by atoms with van der Waals surface area (Å²) in [6.07, 6.45) is 1.15. The van der Waals surface area contributed by atoms with Crippen LogP contribution in [-0.2, 0) is 9.53 Å². The van der Waals surface area contributed by atoms with E-state index in [1.54, 1.807) is 0 Å².